The fourth-order valence-corrected chi connectivity index (χ4v) is 3.01. The molecular weight excluding hydrogens is 304 g/mol. The second kappa shape index (κ2) is 7.62. The summed E-state index contributed by atoms with van der Waals surface area (Å²) in [5.41, 5.74) is 2.41. The molecule has 0 aliphatic carbocycles. The van der Waals surface area contributed by atoms with Gasteiger partial charge in [-0.1, -0.05) is 24.8 Å². The van der Waals surface area contributed by atoms with Gasteiger partial charge in [0, 0.05) is 19.6 Å². The maximum Gasteiger partial charge on any atom is 0.245 e. The molecule has 1 fully saturated rings. The molecule has 2 N–H and O–H groups in total. The number of benzene rings is 1. The van der Waals surface area contributed by atoms with Crippen LogP contribution >= 0.6 is 0 Å². The van der Waals surface area contributed by atoms with Crippen molar-refractivity contribution in [2.45, 2.75) is 45.3 Å². The molecule has 5 nitrogen and oxygen atoms in total. The second-order valence-corrected chi connectivity index (χ2v) is 6.57. The summed E-state index contributed by atoms with van der Waals surface area (Å²) < 4.78 is 0. The van der Waals surface area contributed by atoms with Crippen LogP contribution in [0.25, 0.3) is 0 Å². The van der Waals surface area contributed by atoms with Crippen LogP contribution in [0.1, 0.15) is 36.0 Å². The van der Waals surface area contributed by atoms with Crippen LogP contribution in [0.4, 0.5) is 0 Å². The summed E-state index contributed by atoms with van der Waals surface area (Å²) in [6.45, 7) is 8.91. The van der Waals surface area contributed by atoms with Gasteiger partial charge in [-0.3, -0.25) is 9.59 Å². The molecule has 2 rings (SSSR count). The molecule has 0 aromatic heterocycles. The number of nitrogens with zero attached hydrogens (tertiary/aromatic N) is 1. The van der Waals surface area contributed by atoms with E-state index >= 15 is 0 Å². The van der Waals surface area contributed by atoms with Gasteiger partial charge in [-0.15, -0.1) is 0 Å². The molecule has 1 aliphatic rings. The molecule has 1 aliphatic heterocycles. The maximum absolute atomic E-state index is 12.2. The largest absolute Gasteiger partial charge is 0.389 e. The zero-order valence-corrected chi connectivity index (χ0v) is 14.5. The topological polar surface area (TPSA) is 69.6 Å². The van der Waals surface area contributed by atoms with Crippen LogP contribution in [0.3, 0.4) is 0 Å². The van der Waals surface area contributed by atoms with Gasteiger partial charge >= 0.3 is 0 Å². The van der Waals surface area contributed by atoms with E-state index in [1.54, 1.807) is 4.90 Å². The van der Waals surface area contributed by atoms with E-state index in [2.05, 4.69) is 11.9 Å². The molecule has 24 heavy (non-hydrogen) atoms. The van der Waals surface area contributed by atoms with Crippen molar-refractivity contribution >= 4 is 11.8 Å². The first-order chi connectivity index (χ1) is 11.3. The summed E-state index contributed by atoms with van der Waals surface area (Å²) in [5, 5.41) is 13.5. The van der Waals surface area contributed by atoms with Crippen LogP contribution in [0.15, 0.2) is 30.9 Å². The van der Waals surface area contributed by atoms with Crippen LogP contribution in [-0.4, -0.2) is 40.5 Å². The van der Waals surface area contributed by atoms with Gasteiger partial charge in [0.2, 0.25) is 11.8 Å². The molecule has 0 atom stereocenters. The molecule has 1 aromatic carbocycles. The summed E-state index contributed by atoms with van der Waals surface area (Å²) in [7, 11) is 0. The van der Waals surface area contributed by atoms with E-state index in [9.17, 15) is 14.7 Å². The molecule has 0 unspecified atom stereocenters. The fourth-order valence-electron chi connectivity index (χ4n) is 3.01. The first-order valence-electron chi connectivity index (χ1n) is 8.30. The Morgan fingerprint density at radius 3 is 2.62 bits per heavy atom. The van der Waals surface area contributed by atoms with Crippen molar-refractivity contribution in [2.24, 2.45) is 0 Å². The number of carbonyl (C=O) groups excluding carboxylic acids is 2. The number of aryl methyl sites for hydroxylation is 1. The average Bonchev–Trinajstić information content (AvgIpc) is 2.56. The first kappa shape index (κ1) is 18.2. The zero-order valence-electron chi connectivity index (χ0n) is 14.5. The van der Waals surface area contributed by atoms with Crippen molar-refractivity contribution in [1.29, 1.82) is 0 Å². The number of nitrogens with one attached hydrogen (secondary N) is 1. The molecule has 0 saturated carbocycles. The second-order valence-electron chi connectivity index (χ2n) is 6.57. The molecule has 130 valence electrons. The van der Waals surface area contributed by atoms with Gasteiger partial charge in [0.15, 0.2) is 0 Å². The SMILES string of the molecule is C=CC(=O)N1CCC(O)(CC(=O)NCc2cccc(C)c2C)CC1. The fraction of sp³-hybridized carbons (Fsp3) is 0.474. The minimum Gasteiger partial charge on any atom is -0.389 e. The van der Waals surface area contributed by atoms with Crippen molar-refractivity contribution in [2.75, 3.05) is 13.1 Å². The summed E-state index contributed by atoms with van der Waals surface area (Å²) in [5.74, 6) is -0.293. The average molecular weight is 330 g/mol. The van der Waals surface area contributed by atoms with E-state index in [1.807, 2.05) is 32.0 Å². The lowest BCUT2D eigenvalue weighted by Crippen LogP contribution is -2.48. The Morgan fingerprint density at radius 1 is 1.33 bits per heavy atom. The Morgan fingerprint density at radius 2 is 2.00 bits per heavy atom. The third-order valence-electron chi connectivity index (χ3n) is 4.86. The normalized spacial score (nSPS) is 16.5. The number of hydrogen-bond acceptors (Lipinski definition) is 3. The molecule has 1 aromatic rings. The third-order valence-corrected chi connectivity index (χ3v) is 4.86. The lowest BCUT2D eigenvalue weighted by molar-refractivity contribution is -0.133. The van der Waals surface area contributed by atoms with Gasteiger partial charge in [0.25, 0.3) is 0 Å². The van der Waals surface area contributed by atoms with Crippen molar-refractivity contribution in [3.8, 4) is 0 Å². The van der Waals surface area contributed by atoms with Crippen molar-refractivity contribution in [3.05, 3.63) is 47.5 Å². The molecule has 0 radical (unpaired) electrons. The monoisotopic (exact) mass is 330 g/mol. The third kappa shape index (κ3) is 4.45. The predicted octanol–water partition coefficient (Wildman–Crippen LogP) is 1.85. The minimum atomic E-state index is -1.04. The molecule has 5 heteroatoms. The summed E-state index contributed by atoms with van der Waals surface area (Å²) in [6.07, 6.45) is 2.15. The Hall–Kier alpha value is -2.14. The summed E-state index contributed by atoms with van der Waals surface area (Å²) in [4.78, 5) is 25.4. The number of hydrogen-bond donors (Lipinski definition) is 2. The van der Waals surface area contributed by atoms with Crippen LogP contribution in [0.5, 0.6) is 0 Å². The Balaban J connectivity index is 1.85. The maximum atomic E-state index is 12.2. The van der Waals surface area contributed by atoms with Gasteiger partial charge in [0.05, 0.1) is 12.0 Å². The zero-order chi connectivity index (χ0) is 17.7. The van der Waals surface area contributed by atoms with Crippen molar-refractivity contribution < 1.29 is 14.7 Å². The summed E-state index contributed by atoms with van der Waals surface area (Å²) in [6, 6.07) is 6.02. The molecule has 0 bridgehead atoms. The predicted molar refractivity (Wildman–Crippen MR) is 93.3 cm³/mol. The van der Waals surface area contributed by atoms with E-state index in [1.165, 1.54) is 17.2 Å². The van der Waals surface area contributed by atoms with E-state index in [-0.39, 0.29) is 18.2 Å². The summed E-state index contributed by atoms with van der Waals surface area (Å²) >= 11 is 0. The van der Waals surface area contributed by atoms with Crippen molar-refractivity contribution in [1.82, 2.24) is 10.2 Å². The highest BCUT2D eigenvalue weighted by Gasteiger charge is 2.35. The highest BCUT2D eigenvalue weighted by Crippen LogP contribution is 2.26. The number of piperidine rings is 1. The van der Waals surface area contributed by atoms with Crippen LogP contribution < -0.4 is 5.32 Å². The van der Waals surface area contributed by atoms with E-state index in [0.29, 0.717) is 32.5 Å². The van der Waals surface area contributed by atoms with Crippen LogP contribution in [-0.2, 0) is 16.1 Å². The van der Waals surface area contributed by atoms with Crippen molar-refractivity contribution in [3.63, 3.8) is 0 Å². The molecule has 2 amide bonds. The van der Waals surface area contributed by atoms with Gasteiger partial charge in [0.1, 0.15) is 0 Å². The van der Waals surface area contributed by atoms with E-state index < -0.39 is 5.60 Å². The first-order valence-corrected chi connectivity index (χ1v) is 8.30. The lowest BCUT2D eigenvalue weighted by Gasteiger charge is -2.37. The number of likely N-dealkylation sites (tertiary alicyclic amines) is 1. The minimum absolute atomic E-state index is 0.0635. The number of aliphatic hydroxyl groups is 1. The number of carbonyl (C=O) groups is 2. The smallest absolute Gasteiger partial charge is 0.245 e. The van der Waals surface area contributed by atoms with Gasteiger partial charge in [-0.25, -0.2) is 0 Å². The van der Waals surface area contributed by atoms with Crippen LogP contribution in [0.2, 0.25) is 0 Å². The Labute approximate surface area is 143 Å². The molecule has 0 spiro atoms. The standard InChI is InChI=1S/C19H26N2O3/c1-4-18(23)21-10-8-19(24,9-11-21)12-17(22)20-13-16-7-5-6-14(2)15(16)3/h4-7,24H,1,8-13H2,2-3H3,(H,20,22). The highest BCUT2D eigenvalue weighted by atomic mass is 16.3. The molecule has 1 heterocycles. The van der Waals surface area contributed by atoms with Gasteiger partial charge < -0.3 is 15.3 Å². The lowest BCUT2D eigenvalue weighted by atomic mass is 9.88. The van der Waals surface area contributed by atoms with E-state index in [4.69, 9.17) is 0 Å². The van der Waals surface area contributed by atoms with E-state index in [0.717, 1.165) is 5.56 Å². The quantitative estimate of drug-likeness (QED) is 0.810. The Bertz CT molecular complexity index is 631. The highest BCUT2D eigenvalue weighted by molar-refractivity contribution is 5.87. The van der Waals surface area contributed by atoms with Gasteiger partial charge in [-0.2, -0.15) is 0 Å². The molecular formula is C19H26N2O3. The number of rotatable bonds is 5. The Kier molecular flexibility index (Phi) is 5.78. The van der Waals surface area contributed by atoms with Gasteiger partial charge in [-0.05, 0) is 49.5 Å². The molecule has 1 saturated heterocycles. The number of amides is 2. The van der Waals surface area contributed by atoms with Crippen LogP contribution in [0, 0.1) is 13.8 Å².